The first kappa shape index (κ1) is 17.2. The number of anilines is 1. The zero-order chi connectivity index (χ0) is 16.2. The highest BCUT2D eigenvalue weighted by Gasteiger charge is 2.31. The molecule has 0 aliphatic carbocycles. The molecule has 118 valence electrons. The van der Waals surface area contributed by atoms with Crippen LogP contribution in [0.1, 0.15) is 46.8 Å². The third-order valence-corrected chi connectivity index (χ3v) is 3.23. The van der Waals surface area contributed by atoms with Gasteiger partial charge in [0.05, 0.1) is 0 Å². The minimum absolute atomic E-state index is 0.00141. The van der Waals surface area contributed by atoms with Gasteiger partial charge < -0.3 is 14.7 Å². The molecule has 0 aliphatic rings. The number of carbonyl (C=O) groups excluding carboxylic acids is 2. The molecule has 2 amide bonds. The van der Waals surface area contributed by atoms with Gasteiger partial charge in [-0.2, -0.15) is 0 Å². The highest BCUT2D eigenvalue weighted by atomic mass is 16.5. The highest BCUT2D eigenvalue weighted by molar-refractivity contribution is 5.94. The largest absolute Gasteiger partial charge is 0.360 e. The smallest absolute Gasteiger partial charge is 0.245 e. The van der Waals surface area contributed by atoms with Gasteiger partial charge in [-0.05, 0) is 20.3 Å². The normalized spacial score (nSPS) is 12.9. The van der Waals surface area contributed by atoms with Crippen molar-refractivity contribution in [2.45, 2.75) is 54.0 Å². The predicted octanol–water partition coefficient (Wildman–Crippen LogP) is 2.59. The molecule has 6 nitrogen and oxygen atoms in total. The molecule has 1 N–H and O–H groups in total. The van der Waals surface area contributed by atoms with E-state index < -0.39 is 5.41 Å². The lowest BCUT2D eigenvalue weighted by Crippen LogP contribution is -2.48. The van der Waals surface area contributed by atoms with Crippen LogP contribution in [0.25, 0.3) is 0 Å². The molecular weight excluding hydrogens is 270 g/mol. The first-order valence-electron chi connectivity index (χ1n) is 7.19. The molecule has 0 bridgehead atoms. The highest BCUT2D eigenvalue weighted by Crippen LogP contribution is 2.20. The lowest BCUT2D eigenvalue weighted by molar-refractivity contribution is -0.144. The first-order valence-corrected chi connectivity index (χ1v) is 7.19. The van der Waals surface area contributed by atoms with E-state index in [1.807, 2.05) is 34.6 Å². The van der Waals surface area contributed by atoms with Gasteiger partial charge in [0, 0.05) is 17.5 Å². The van der Waals surface area contributed by atoms with E-state index in [1.165, 1.54) is 0 Å². The molecule has 0 aliphatic heterocycles. The van der Waals surface area contributed by atoms with Crippen molar-refractivity contribution >= 4 is 17.6 Å². The van der Waals surface area contributed by atoms with Crippen LogP contribution in [0.2, 0.25) is 0 Å². The molecule has 0 saturated heterocycles. The maximum atomic E-state index is 12.5. The van der Waals surface area contributed by atoms with Crippen molar-refractivity contribution in [1.29, 1.82) is 0 Å². The summed E-state index contributed by atoms with van der Waals surface area (Å²) < 4.78 is 4.90. The minimum Gasteiger partial charge on any atom is -0.360 e. The lowest BCUT2D eigenvalue weighted by atomic mass is 9.93. The fraction of sp³-hybridized carbons (Fsp3) is 0.667. The molecule has 0 aromatic carbocycles. The van der Waals surface area contributed by atoms with Crippen molar-refractivity contribution in [3.8, 4) is 0 Å². The molecule has 1 aromatic rings. The third kappa shape index (κ3) is 4.88. The van der Waals surface area contributed by atoms with Crippen LogP contribution in [-0.2, 0) is 9.59 Å². The van der Waals surface area contributed by atoms with Crippen LogP contribution in [0.4, 0.5) is 5.82 Å². The Labute approximate surface area is 125 Å². The molecule has 1 atom stereocenters. The van der Waals surface area contributed by atoms with Crippen LogP contribution in [0.5, 0.6) is 0 Å². The average Bonchev–Trinajstić information content (AvgIpc) is 2.78. The van der Waals surface area contributed by atoms with E-state index in [0.717, 1.165) is 6.42 Å². The van der Waals surface area contributed by atoms with E-state index in [2.05, 4.69) is 10.5 Å². The van der Waals surface area contributed by atoms with Crippen LogP contribution >= 0.6 is 0 Å². The Morgan fingerprint density at radius 1 is 1.43 bits per heavy atom. The molecular formula is C15H25N3O3. The second kappa shape index (κ2) is 6.74. The van der Waals surface area contributed by atoms with Gasteiger partial charge in [0.15, 0.2) is 5.82 Å². The van der Waals surface area contributed by atoms with E-state index in [9.17, 15) is 9.59 Å². The summed E-state index contributed by atoms with van der Waals surface area (Å²) in [5.41, 5.74) is -0.520. The van der Waals surface area contributed by atoms with Crippen molar-refractivity contribution < 1.29 is 14.1 Å². The van der Waals surface area contributed by atoms with E-state index >= 15 is 0 Å². The van der Waals surface area contributed by atoms with Gasteiger partial charge in [0.1, 0.15) is 12.3 Å². The van der Waals surface area contributed by atoms with Crippen molar-refractivity contribution in [3.63, 3.8) is 0 Å². The molecule has 0 fully saturated rings. The Bertz CT molecular complexity index is 503. The number of amides is 2. The fourth-order valence-corrected chi connectivity index (χ4v) is 1.84. The zero-order valence-corrected chi connectivity index (χ0v) is 13.7. The summed E-state index contributed by atoms with van der Waals surface area (Å²) >= 11 is 0. The summed E-state index contributed by atoms with van der Waals surface area (Å²) in [7, 11) is 0. The number of nitrogens with zero attached hydrogens (tertiary/aromatic N) is 2. The second-order valence-corrected chi connectivity index (χ2v) is 6.31. The number of carbonyl (C=O) groups is 2. The van der Waals surface area contributed by atoms with Crippen LogP contribution in [0, 0.1) is 12.3 Å². The van der Waals surface area contributed by atoms with Crippen LogP contribution in [0.15, 0.2) is 10.6 Å². The minimum atomic E-state index is -0.520. The predicted molar refractivity (Wildman–Crippen MR) is 80.8 cm³/mol. The quantitative estimate of drug-likeness (QED) is 0.906. The van der Waals surface area contributed by atoms with Crippen molar-refractivity contribution in [2.24, 2.45) is 5.41 Å². The fourth-order valence-electron chi connectivity index (χ4n) is 1.84. The van der Waals surface area contributed by atoms with E-state index in [-0.39, 0.29) is 24.4 Å². The van der Waals surface area contributed by atoms with Gasteiger partial charge >= 0.3 is 0 Å². The maximum absolute atomic E-state index is 12.5. The topological polar surface area (TPSA) is 75.4 Å². The Morgan fingerprint density at radius 2 is 2.05 bits per heavy atom. The molecule has 1 unspecified atom stereocenters. The van der Waals surface area contributed by atoms with Gasteiger partial charge in [-0.25, -0.2) is 0 Å². The summed E-state index contributed by atoms with van der Waals surface area (Å²) in [4.78, 5) is 26.2. The SMILES string of the molecule is CCC(C)N(CC(=O)Nc1cc(C)on1)C(=O)C(C)(C)C. The summed E-state index contributed by atoms with van der Waals surface area (Å²) in [6.07, 6.45) is 0.790. The number of nitrogens with one attached hydrogen (secondary N) is 1. The van der Waals surface area contributed by atoms with E-state index in [0.29, 0.717) is 11.6 Å². The summed E-state index contributed by atoms with van der Waals surface area (Å²) in [6, 6.07) is 1.64. The van der Waals surface area contributed by atoms with Gasteiger partial charge in [0.25, 0.3) is 0 Å². The summed E-state index contributed by atoms with van der Waals surface area (Å²) in [5, 5.41) is 6.35. The standard InChI is InChI=1S/C15H25N3O3/c1-7-10(2)18(14(20)15(4,5)6)9-13(19)16-12-8-11(3)21-17-12/h8,10H,7,9H2,1-6H3,(H,16,17,19). The maximum Gasteiger partial charge on any atom is 0.245 e. The monoisotopic (exact) mass is 295 g/mol. The number of aryl methyl sites for hydroxylation is 1. The van der Waals surface area contributed by atoms with Gasteiger partial charge in [-0.1, -0.05) is 32.9 Å². The molecule has 21 heavy (non-hydrogen) atoms. The van der Waals surface area contributed by atoms with Crippen LogP contribution in [-0.4, -0.2) is 34.5 Å². The Hall–Kier alpha value is -1.85. The number of hydrogen-bond acceptors (Lipinski definition) is 4. The number of hydrogen-bond donors (Lipinski definition) is 1. The Balaban J connectivity index is 2.77. The van der Waals surface area contributed by atoms with Crippen LogP contribution < -0.4 is 5.32 Å². The van der Waals surface area contributed by atoms with Gasteiger partial charge in [-0.3, -0.25) is 9.59 Å². The first-order chi connectivity index (χ1) is 9.65. The average molecular weight is 295 g/mol. The van der Waals surface area contributed by atoms with Crippen molar-refractivity contribution in [2.75, 3.05) is 11.9 Å². The molecule has 0 saturated carbocycles. The lowest BCUT2D eigenvalue weighted by Gasteiger charge is -2.33. The Kier molecular flexibility index (Phi) is 5.52. The second-order valence-electron chi connectivity index (χ2n) is 6.31. The number of aromatic nitrogens is 1. The molecule has 0 spiro atoms. The molecule has 1 aromatic heterocycles. The third-order valence-electron chi connectivity index (χ3n) is 3.23. The number of rotatable bonds is 5. The van der Waals surface area contributed by atoms with E-state index in [1.54, 1.807) is 17.9 Å². The molecule has 0 radical (unpaired) electrons. The van der Waals surface area contributed by atoms with Crippen molar-refractivity contribution in [1.82, 2.24) is 10.1 Å². The molecule has 1 rings (SSSR count). The molecule has 6 heteroatoms. The zero-order valence-electron chi connectivity index (χ0n) is 13.7. The Morgan fingerprint density at radius 3 is 2.48 bits per heavy atom. The summed E-state index contributed by atoms with van der Waals surface area (Å²) in [5.74, 6) is 0.671. The molecule has 1 heterocycles. The van der Waals surface area contributed by atoms with Gasteiger partial charge in [0.2, 0.25) is 11.8 Å². The summed E-state index contributed by atoms with van der Waals surface area (Å²) in [6.45, 7) is 11.2. The van der Waals surface area contributed by atoms with E-state index in [4.69, 9.17) is 4.52 Å². The van der Waals surface area contributed by atoms with Gasteiger partial charge in [-0.15, -0.1) is 0 Å². The van der Waals surface area contributed by atoms with Crippen molar-refractivity contribution in [3.05, 3.63) is 11.8 Å². The van der Waals surface area contributed by atoms with Crippen LogP contribution in [0.3, 0.4) is 0 Å².